The summed E-state index contributed by atoms with van der Waals surface area (Å²) >= 11 is 0. The zero-order valence-corrected chi connectivity index (χ0v) is 9.90. The molecule has 1 aliphatic heterocycles. The second kappa shape index (κ2) is 7.07. The monoisotopic (exact) mass is 220 g/mol. The molecular formula is C10H21ClN2O. The summed E-state index contributed by atoms with van der Waals surface area (Å²) in [6.07, 6.45) is 2.98. The fraction of sp³-hybridized carbons (Fsp3) is 0.900. The SMILES string of the molecule is CCC(=O)N(CC)[C@H]1CCCNC1.Cl. The third kappa shape index (κ3) is 3.46. The molecule has 3 nitrogen and oxygen atoms in total. The predicted molar refractivity (Wildman–Crippen MR) is 60.8 cm³/mol. The van der Waals surface area contributed by atoms with Crippen LogP contribution in [0.4, 0.5) is 0 Å². The fourth-order valence-corrected chi connectivity index (χ4v) is 1.94. The maximum atomic E-state index is 11.5. The molecule has 0 bridgehead atoms. The van der Waals surface area contributed by atoms with E-state index >= 15 is 0 Å². The van der Waals surface area contributed by atoms with E-state index in [-0.39, 0.29) is 18.3 Å². The van der Waals surface area contributed by atoms with Gasteiger partial charge in [-0.15, -0.1) is 12.4 Å². The molecule has 1 aliphatic rings. The van der Waals surface area contributed by atoms with E-state index in [0.717, 1.165) is 26.1 Å². The number of halogens is 1. The van der Waals surface area contributed by atoms with Crippen LogP contribution >= 0.6 is 12.4 Å². The Kier molecular flexibility index (Phi) is 6.93. The van der Waals surface area contributed by atoms with Crippen molar-refractivity contribution < 1.29 is 4.79 Å². The summed E-state index contributed by atoms with van der Waals surface area (Å²) in [5.74, 6) is 0.288. The van der Waals surface area contributed by atoms with E-state index in [4.69, 9.17) is 0 Å². The predicted octanol–water partition coefficient (Wildman–Crippen LogP) is 1.42. The second-order valence-electron chi connectivity index (χ2n) is 3.53. The molecule has 4 heteroatoms. The summed E-state index contributed by atoms with van der Waals surface area (Å²) in [5, 5.41) is 3.33. The van der Waals surface area contributed by atoms with Crippen LogP contribution in [-0.4, -0.2) is 36.5 Å². The van der Waals surface area contributed by atoms with Crippen LogP contribution in [0.15, 0.2) is 0 Å². The van der Waals surface area contributed by atoms with E-state index < -0.39 is 0 Å². The van der Waals surface area contributed by atoms with E-state index in [1.54, 1.807) is 0 Å². The molecule has 1 atom stereocenters. The lowest BCUT2D eigenvalue weighted by Crippen LogP contribution is -2.48. The van der Waals surface area contributed by atoms with Crippen LogP contribution in [0, 0.1) is 0 Å². The molecule has 0 aromatic rings. The van der Waals surface area contributed by atoms with E-state index in [9.17, 15) is 4.79 Å². The Hall–Kier alpha value is -0.280. The maximum Gasteiger partial charge on any atom is 0.222 e. The van der Waals surface area contributed by atoms with Gasteiger partial charge in [-0.3, -0.25) is 4.79 Å². The van der Waals surface area contributed by atoms with Crippen LogP contribution in [-0.2, 0) is 4.79 Å². The molecule has 1 heterocycles. The molecule has 14 heavy (non-hydrogen) atoms. The Morgan fingerprint density at radius 3 is 2.64 bits per heavy atom. The van der Waals surface area contributed by atoms with Gasteiger partial charge in [0, 0.05) is 25.6 Å². The molecule has 0 aromatic carbocycles. The van der Waals surface area contributed by atoms with Gasteiger partial charge in [-0.2, -0.15) is 0 Å². The number of nitrogens with one attached hydrogen (secondary N) is 1. The Labute approximate surface area is 92.6 Å². The first kappa shape index (κ1) is 13.7. The van der Waals surface area contributed by atoms with E-state index in [1.807, 2.05) is 11.8 Å². The number of hydrogen-bond acceptors (Lipinski definition) is 2. The Morgan fingerprint density at radius 1 is 1.50 bits per heavy atom. The van der Waals surface area contributed by atoms with Crippen LogP contribution in [0.5, 0.6) is 0 Å². The topological polar surface area (TPSA) is 32.3 Å². The number of piperidine rings is 1. The standard InChI is InChI=1S/C10H20N2O.ClH/c1-3-10(13)12(4-2)9-6-5-7-11-8-9;/h9,11H,3-8H2,1-2H3;1H/t9-;/m0./s1. The number of nitrogens with zero attached hydrogens (tertiary/aromatic N) is 1. The number of rotatable bonds is 3. The number of likely N-dealkylation sites (N-methyl/N-ethyl adjacent to an activating group) is 1. The zero-order chi connectivity index (χ0) is 9.68. The molecule has 1 N–H and O–H groups in total. The minimum absolute atomic E-state index is 0. The first-order chi connectivity index (χ1) is 6.29. The minimum atomic E-state index is 0. The molecule has 0 radical (unpaired) electrons. The van der Waals surface area contributed by atoms with Gasteiger partial charge in [0.05, 0.1) is 0 Å². The molecule has 0 aromatic heterocycles. The first-order valence-electron chi connectivity index (χ1n) is 5.29. The van der Waals surface area contributed by atoms with Crippen LogP contribution in [0.2, 0.25) is 0 Å². The highest BCUT2D eigenvalue weighted by molar-refractivity contribution is 5.85. The lowest BCUT2D eigenvalue weighted by molar-refractivity contribution is -0.133. The van der Waals surface area contributed by atoms with E-state index in [2.05, 4.69) is 12.2 Å². The Bertz CT molecular complexity index is 170. The lowest BCUT2D eigenvalue weighted by atomic mass is 10.1. The average Bonchev–Trinajstić information content (AvgIpc) is 2.20. The highest BCUT2D eigenvalue weighted by Gasteiger charge is 2.22. The van der Waals surface area contributed by atoms with Crippen molar-refractivity contribution in [1.82, 2.24) is 10.2 Å². The maximum absolute atomic E-state index is 11.5. The van der Waals surface area contributed by atoms with Gasteiger partial charge in [-0.25, -0.2) is 0 Å². The first-order valence-corrected chi connectivity index (χ1v) is 5.29. The summed E-state index contributed by atoms with van der Waals surface area (Å²) in [5.41, 5.74) is 0. The summed E-state index contributed by atoms with van der Waals surface area (Å²) in [6, 6.07) is 0.436. The molecule has 1 saturated heterocycles. The minimum Gasteiger partial charge on any atom is -0.339 e. The van der Waals surface area contributed by atoms with Crippen LogP contribution in [0.25, 0.3) is 0 Å². The number of carbonyl (C=O) groups is 1. The van der Waals surface area contributed by atoms with Crippen molar-refractivity contribution >= 4 is 18.3 Å². The van der Waals surface area contributed by atoms with E-state index in [0.29, 0.717) is 12.5 Å². The molecule has 0 spiro atoms. The molecule has 1 fully saturated rings. The molecular weight excluding hydrogens is 200 g/mol. The van der Waals surface area contributed by atoms with E-state index in [1.165, 1.54) is 6.42 Å². The number of hydrogen-bond donors (Lipinski definition) is 1. The summed E-state index contributed by atoms with van der Waals surface area (Å²) in [7, 11) is 0. The van der Waals surface area contributed by atoms with Gasteiger partial charge in [0.15, 0.2) is 0 Å². The normalized spacial score (nSPS) is 21.1. The zero-order valence-electron chi connectivity index (χ0n) is 9.08. The summed E-state index contributed by atoms with van der Waals surface area (Å²) < 4.78 is 0. The van der Waals surface area contributed by atoms with Gasteiger partial charge in [0.1, 0.15) is 0 Å². The highest BCUT2D eigenvalue weighted by Crippen LogP contribution is 2.11. The van der Waals surface area contributed by atoms with Crippen molar-refractivity contribution in [3.8, 4) is 0 Å². The van der Waals surface area contributed by atoms with Gasteiger partial charge < -0.3 is 10.2 Å². The number of carbonyl (C=O) groups excluding carboxylic acids is 1. The van der Waals surface area contributed by atoms with Gasteiger partial charge in [0.2, 0.25) is 5.91 Å². The Morgan fingerprint density at radius 2 is 2.21 bits per heavy atom. The van der Waals surface area contributed by atoms with Crippen LogP contribution in [0.1, 0.15) is 33.1 Å². The van der Waals surface area contributed by atoms with Gasteiger partial charge in [-0.05, 0) is 26.3 Å². The lowest BCUT2D eigenvalue weighted by Gasteiger charge is -2.33. The quantitative estimate of drug-likeness (QED) is 0.781. The van der Waals surface area contributed by atoms with Crippen molar-refractivity contribution in [2.45, 2.75) is 39.2 Å². The molecule has 0 saturated carbocycles. The molecule has 84 valence electrons. The summed E-state index contributed by atoms with van der Waals surface area (Å²) in [6.45, 7) is 6.91. The highest BCUT2D eigenvalue weighted by atomic mass is 35.5. The third-order valence-corrected chi connectivity index (χ3v) is 2.68. The van der Waals surface area contributed by atoms with Crippen molar-refractivity contribution in [3.63, 3.8) is 0 Å². The number of amides is 1. The average molecular weight is 221 g/mol. The smallest absolute Gasteiger partial charge is 0.222 e. The Balaban J connectivity index is 0.00000169. The largest absolute Gasteiger partial charge is 0.339 e. The fourth-order valence-electron chi connectivity index (χ4n) is 1.94. The van der Waals surface area contributed by atoms with Gasteiger partial charge >= 0.3 is 0 Å². The summed E-state index contributed by atoms with van der Waals surface area (Å²) in [4.78, 5) is 13.5. The second-order valence-corrected chi connectivity index (χ2v) is 3.53. The third-order valence-electron chi connectivity index (χ3n) is 2.68. The molecule has 1 amide bonds. The van der Waals surface area contributed by atoms with Crippen molar-refractivity contribution in [3.05, 3.63) is 0 Å². The van der Waals surface area contributed by atoms with Crippen molar-refractivity contribution in [1.29, 1.82) is 0 Å². The van der Waals surface area contributed by atoms with Gasteiger partial charge in [0.25, 0.3) is 0 Å². The van der Waals surface area contributed by atoms with Crippen molar-refractivity contribution in [2.75, 3.05) is 19.6 Å². The molecule has 0 aliphatic carbocycles. The van der Waals surface area contributed by atoms with Gasteiger partial charge in [-0.1, -0.05) is 6.92 Å². The van der Waals surface area contributed by atoms with Crippen molar-refractivity contribution in [2.24, 2.45) is 0 Å². The van der Waals surface area contributed by atoms with Crippen LogP contribution < -0.4 is 5.32 Å². The molecule has 0 unspecified atom stereocenters. The van der Waals surface area contributed by atoms with Crippen LogP contribution in [0.3, 0.4) is 0 Å². The molecule has 1 rings (SSSR count).